The van der Waals surface area contributed by atoms with Gasteiger partial charge >= 0.3 is 0 Å². The summed E-state index contributed by atoms with van der Waals surface area (Å²) >= 11 is 6.11. The summed E-state index contributed by atoms with van der Waals surface area (Å²) in [6, 6.07) is 11.7. The zero-order chi connectivity index (χ0) is 24.8. The maximum atomic E-state index is 13.5. The third-order valence-electron chi connectivity index (χ3n) is 5.33. The van der Waals surface area contributed by atoms with Crippen LogP contribution in [-0.4, -0.2) is 50.5 Å². The Bertz CT molecular complexity index is 1080. The van der Waals surface area contributed by atoms with Gasteiger partial charge in [-0.15, -0.1) is 0 Å². The van der Waals surface area contributed by atoms with Crippen LogP contribution < -0.4 is 9.62 Å². The zero-order valence-corrected chi connectivity index (χ0v) is 21.3. The van der Waals surface area contributed by atoms with Crippen molar-refractivity contribution in [3.05, 3.63) is 64.2 Å². The monoisotopic (exact) mass is 493 g/mol. The van der Waals surface area contributed by atoms with Gasteiger partial charge in [-0.05, 0) is 56.0 Å². The van der Waals surface area contributed by atoms with E-state index in [9.17, 15) is 18.0 Å². The predicted molar refractivity (Wildman–Crippen MR) is 133 cm³/mol. The molecule has 0 radical (unpaired) electrons. The van der Waals surface area contributed by atoms with Crippen molar-refractivity contribution in [1.82, 2.24) is 10.2 Å². The van der Waals surface area contributed by atoms with Gasteiger partial charge in [0.1, 0.15) is 12.6 Å². The molecule has 2 amide bonds. The Morgan fingerprint density at radius 2 is 1.70 bits per heavy atom. The largest absolute Gasteiger partial charge is 0.354 e. The molecular weight excluding hydrogens is 462 g/mol. The molecule has 33 heavy (non-hydrogen) atoms. The Balaban J connectivity index is 2.43. The molecule has 0 aliphatic heterocycles. The van der Waals surface area contributed by atoms with E-state index >= 15 is 0 Å². The Labute approximate surface area is 201 Å². The third kappa shape index (κ3) is 7.20. The van der Waals surface area contributed by atoms with Crippen LogP contribution in [0.5, 0.6) is 0 Å². The highest BCUT2D eigenvalue weighted by molar-refractivity contribution is 7.92. The molecule has 7 nitrogen and oxygen atoms in total. The minimum Gasteiger partial charge on any atom is -0.354 e. The number of amides is 2. The molecule has 0 bridgehead atoms. The van der Waals surface area contributed by atoms with E-state index < -0.39 is 28.5 Å². The number of carbonyl (C=O) groups excluding carboxylic acids is 2. The molecule has 1 N–H and O–H groups in total. The Morgan fingerprint density at radius 1 is 1.09 bits per heavy atom. The van der Waals surface area contributed by atoms with Gasteiger partial charge in [-0.3, -0.25) is 13.9 Å². The van der Waals surface area contributed by atoms with Crippen molar-refractivity contribution >= 4 is 39.1 Å². The molecule has 0 fully saturated rings. The topological polar surface area (TPSA) is 86.8 Å². The summed E-state index contributed by atoms with van der Waals surface area (Å²) in [6.07, 6.45) is 1.83. The number of rotatable bonds is 10. The van der Waals surface area contributed by atoms with Crippen molar-refractivity contribution in [1.29, 1.82) is 0 Å². The van der Waals surface area contributed by atoms with Crippen LogP contribution in [0, 0.1) is 13.8 Å². The standard InChI is InChI=1S/C24H32ClN3O4S/c1-6-13-26-24(30)19(4)27(15-20-11-8-12-21(25)14-20)22(29)16-28(33(5,31)32)23-17(2)9-7-10-18(23)3/h7-12,14,19H,6,13,15-16H2,1-5H3,(H,26,30). The maximum absolute atomic E-state index is 13.5. The molecule has 0 spiro atoms. The molecule has 0 aliphatic rings. The van der Waals surface area contributed by atoms with Crippen molar-refractivity contribution in [2.75, 3.05) is 23.7 Å². The number of hydrogen-bond donors (Lipinski definition) is 1. The second-order valence-corrected chi connectivity index (χ2v) is 10.5. The maximum Gasteiger partial charge on any atom is 0.244 e. The number of sulfonamides is 1. The number of hydrogen-bond acceptors (Lipinski definition) is 4. The number of para-hydroxylation sites is 1. The van der Waals surface area contributed by atoms with E-state index in [-0.39, 0.29) is 12.5 Å². The molecule has 0 aromatic heterocycles. The van der Waals surface area contributed by atoms with Gasteiger partial charge in [0.2, 0.25) is 21.8 Å². The summed E-state index contributed by atoms with van der Waals surface area (Å²) in [5.74, 6) is -0.785. The molecule has 0 saturated carbocycles. The summed E-state index contributed by atoms with van der Waals surface area (Å²) in [5.41, 5.74) is 2.69. The average molecular weight is 494 g/mol. The molecule has 2 aromatic rings. The number of anilines is 1. The summed E-state index contributed by atoms with van der Waals surface area (Å²) < 4.78 is 26.5. The number of carbonyl (C=O) groups is 2. The fraction of sp³-hybridized carbons (Fsp3) is 0.417. The first-order valence-corrected chi connectivity index (χ1v) is 13.0. The van der Waals surface area contributed by atoms with Gasteiger partial charge in [-0.2, -0.15) is 0 Å². The SMILES string of the molecule is CCCNC(=O)C(C)N(Cc1cccc(Cl)c1)C(=O)CN(c1c(C)cccc1C)S(C)(=O)=O. The van der Waals surface area contributed by atoms with Crippen LogP contribution in [-0.2, 0) is 26.2 Å². The third-order valence-corrected chi connectivity index (χ3v) is 6.67. The zero-order valence-electron chi connectivity index (χ0n) is 19.8. The lowest BCUT2D eigenvalue weighted by Gasteiger charge is -2.32. The van der Waals surface area contributed by atoms with Crippen LogP contribution in [0.4, 0.5) is 5.69 Å². The minimum absolute atomic E-state index is 0.116. The Morgan fingerprint density at radius 3 is 2.24 bits per heavy atom. The van der Waals surface area contributed by atoms with Gasteiger partial charge in [0.05, 0.1) is 11.9 Å². The summed E-state index contributed by atoms with van der Waals surface area (Å²) in [6.45, 7) is 7.36. The first kappa shape index (κ1) is 26.7. The summed E-state index contributed by atoms with van der Waals surface area (Å²) in [7, 11) is -3.77. The van der Waals surface area contributed by atoms with Gasteiger partial charge < -0.3 is 10.2 Å². The molecule has 0 heterocycles. The molecule has 0 aliphatic carbocycles. The van der Waals surface area contributed by atoms with E-state index in [1.807, 2.05) is 19.1 Å². The van der Waals surface area contributed by atoms with Crippen molar-refractivity contribution in [2.45, 2.75) is 46.7 Å². The van der Waals surface area contributed by atoms with Gasteiger partial charge in [-0.1, -0.05) is 48.9 Å². The first-order valence-electron chi connectivity index (χ1n) is 10.8. The fourth-order valence-electron chi connectivity index (χ4n) is 3.59. The smallest absolute Gasteiger partial charge is 0.244 e. The van der Waals surface area contributed by atoms with Crippen LogP contribution in [0.25, 0.3) is 0 Å². The normalized spacial score (nSPS) is 12.2. The van der Waals surface area contributed by atoms with Gasteiger partial charge in [0.25, 0.3) is 0 Å². The fourth-order valence-corrected chi connectivity index (χ4v) is 4.76. The van der Waals surface area contributed by atoms with Gasteiger partial charge in [-0.25, -0.2) is 8.42 Å². The van der Waals surface area contributed by atoms with Gasteiger partial charge in [0.15, 0.2) is 0 Å². The van der Waals surface area contributed by atoms with E-state index in [1.165, 1.54) is 4.90 Å². The van der Waals surface area contributed by atoms with E-state index in [0.29, 0.717) is 17.3 Å². The highest BCUT2D eigenvalue weighted by Gasteiger charge is 2.31. The Hall–Kier alpha value is -2.58. The number of aryl methyl sites for hydroxylation is 2. The quantitative estimate of drug-likeness (QED) is 0.547. The van der Waals surface area contributed by atoms with Crippen molar-refractivity contribution in [3.8, 4) is 0 Å². The van der Waals surface area contributed by atoms with E-state index in [1.54, 1.807) is 51.1 Å². The number of nitrogens with zero attached hydrogens (tertiary/aromatic N) is 2. The Kier molecular flexibility index (Phi) is 9.31. The molecular formula is C24H32ClN3O4S. The lowest BCUT2D eigenvalue weighted by atomic mass is 10.1. The van der Waals surface area contributed by atoms with Crippen molar-refractivity contribution in [3.63, 3.8) is 0 Å². The van der Waals surface area contributed by atoms with Crippen LogP contribution in [0.2, 0.25) is 5.02 Å². The molecule has 1 unspecified atom stereocenters. The van der Waals surface area contributed by atoms with E-state index in [4.69, 9.17) is 11.6 Å². The van der Waals surface area contributed by atoms with Crippen molar-refractivity contribution in [2.24, 2.45) is 0 Å². The molecule has 2 aromatic carbocycles. The minimum atomic E-state index is -3.77. The van der Waals surface area contributed by atoms with Crippen LogP contribution in [0.3, 0.4) is 0 Å². The number of nitrogens with one attached hydrogen (secondary N) is 1. The first-order chi connectivity index (χ1) is 15.5. The number of benzene rings is 2. The average Bonchev–Trinajstić information content (AvgIpc) is 2.73. The van der Waals surface area contributed by atoms with Crippen LogP contribution in [0.15, 0.2) is 42.5 Å². The second-order valence-electron chi connectivity index (χ2n) is 8.13. The predicted octanol–water partition coefficient (Wildman–Crippen LogP) is 3.67. The number of halogens is 1. The highest BCUT2D eigenvalue weighted by atomic mass is 35.5. The van der Waals surface area contributed by atoms with E-state index in [0.717, 1.165) is 33.7 Å². The molecule has 1 atom stereocenters. The summed E-state index contributed by atoms with van der Waals surface area (Å²) in [5, 5.41) is 3.32. The van der Waals surface area contributed by atoms with Crippen molar-refractivity contribution < 1.29 is 18.0 Å². The molecule has 9 heteroatoms. The van der Waals surface area contributed by atoms with Crippen LogP contribution >= 0.6 is 11.6 Å². The van der Waals surface area contributed by atoms with Gasteiger partial charge in [0, 0.05) is 18.1 Å². The molecule has 180 valence electrons. The second kappa shape index (κ2) is 11.5. The lowest BCUT2D eigenvalue weighted by Crippen LogP contribution is -2.51. The molecule has 0 saturated heterocycles. The molecule has 2 rings (SSSR count). The summed E-state index contributed by atoms with van der Waals surface area (Å²) in [4.78, 5) is 27.6. The lowest BCUT2D eigenvalue weighted by molar-refractivity contribution is -0.139. The van der Waals surface area contributed by atoms with Crippen LogP contribution in [0.1, 0.15) is 37.0 Å². The van der Waals surface area contributed by atoms with E-state index in [2.05, 4.69) is 5.32 Å². The highest BCUT2D eigenvalue weighted by Crippen LogP contribution is 2.27.